The van der Waals surface area contributed by atoms with Gasteiger partial charge in [-0.1, -0.05) is 38.2 Å². The summed E-state index contributed by atoms with van der Waals surface area (Å²) in [5.41, 5.74) is 0. The monoisotopic (exact) mass is 248 g/mol. The fraction of sp³-hybridized carbons (Fsp3) is 0.750. The van der Waals surface area contributed by atoms with Gasteiger partial charge in [-0.15, -0.1) is 11.3 Å². The van der Waals surface area contributed by atoms with Gasteiger partial charge in [0.2, 0.25) is 0 Å². The standard InChI is InChI=1S/C16H24S/c1-2-5-13(6-3-1)14-8-10-15(11-9-14)16-7-4-12-17-16/h4,7,12-15H,1-3,5-6,8-11H2. The van der Waals surface area contributed by atoms with Crippen LogP contribution in [0.1, 0.15) is 68.6 Å². The average Bonchev–Trinajstić information content (AvgIpc) is 2.94. The van der Waals surface area contributed by atoms with Crippen molar-refractivity contribution in [2.75, 3.05) is 0 Å². The van der Waals surface area contributed by atoms with E-state index in [0.717, 1.165) is 17.8 Å². The molecule has 0 saturated heterocycles. The van der Waals surface area contributed by atoms with Crippen LogP contribution in [0.4, 0.5) is 0 Å². The first-order valence-electron chi connectivity index (χ1n) is 7.47. The zero-order valence-corrected chi connectivity index (χ0v) is 11.6. The summed E-state index contributed by atoms with van der Waals surface area (Å²) in [5.74, 6) is 3.06. The van der Waals surface area contributed by atoms with Crippen molar-refractivity contribution < 1.29 is 0 Å². The van der Waals surface area contributed by atoms with Crippen LogP contribution in [-0.4, -0.2) is 0 Å². The van der Waals surface area contributed by atoms with E-state index in [9.17, 15) is 0 Å². The molecule has 0 nitrogen and oxygen atoms in total. The van der Waals surface area contributed by atoms with Gasteiger partial charge in [-0.2, -0.15) is 0 Å². The summed E-state index contributed by atoms with van der Waals surface area (Å²) in [7, 11) is 0. The third kappa shape index (κ3) is 2.76. The van der Waals surface area contributed by atoms with E-state index >= 15 is 0 Å². The third-order valence-corrected chi connectivity index (χ3v) is 6.07. The highest BCUT2D eigenvalue weighted by atomic mass is 32.1. The van der Waals surface area contributed by atoms with E-state index in [2.05, 4.69) is 17.5 Å². The van der Waals surface area contributed by atoms with E-state index in [0.29, 0.717) is 0 Å². The van der Waals surface area contributed by atoms with Gasteiger partial charge in [-0.05, 0) is 54.9 Å². The molecule has 0 bridgehead atoms. The molecule has 0 spiro atoms. The van der Waals surface area contributed by atoms with Crippen molar-refractivity contribution in [1.82, 2.24) is 0 Å². The highest BCUT2D eigenvalue weighted by molar-refractivity contribution is 7.10. The van der Waals surface area contributed by atoms with Crippen LogP contribution in [0.5, 0.6) is 0 Å². The Morgan fingerprint density at radius 3 is 2.18 bits per heavy atom. The van der Waals surface area contributed by atoms with Gasteiger partial charge in [-0.3, -0.25) is 0 Å². The molecule has 2 fully saturated rings. The summed E-state index contributed by atoms with van der Waals surface area (Å²) in [6.45, 7) is 0. The Bertz CT molecular complexity index is 313. The van der Waals surface area contributed by atoms with Crippen LogP contribution in [-0.2, 0) is 0 Å². The van der Waals surface area contributed by atoms with Crippen LogP contribution in [0.15, 0.2) is 17.5 Å². The van der Waals surface area contributed by atoms with E-state index in [-0.39, 0.29) is 0 Å². The van der Waals surface area contributed by atoms with Gasteiger partial charge >= 0.3 is 0 Å². The lowest BCUT2D eigenvalue weighted by Crippen LogP contribution is -2.22. The molecule has 0 N–H and O–H groups in total. The lowest BCUT2D eigenvalue weighted by Gasteiger charge is -2.35. The summed E-state index contributed by atoms with van der Waals surface area (Å²) in [6.07, 6.45) is 13.5. The molecule has 1 aromatic heterocycles. The van der Waals surface area contributed by atoms with Crippen molar-refractivity contribution in [3.63, 3.8) is 0 Å². The highest BCUT2D eigenvalue weighted by Crippen LogP contribution is 2.43. The molecule has 2 saturated carbocycles. The van der Waals surface area contributed by atoms with Crippen molar-refractivity contribution in [2.45, 2.75) is 63.7 Å². The molecular formula is C16H24S. The Labute approximate surface area is 109 Å². The highest BCUT2D eigenvalue weighted by Gasteiger charge is 2.29. The van der Waals surface area contributed by atoms with Crippen LogP contribution in [0, 0.1) is 11.8 Å². The molecule has 0 atom stereocenters. The van der Waals surface area contributed by atoms with Crippen molar-refractivity contribution in [1.29, 1.82) is 0 Å². The fourth-order valence-corrected chi connectivity index (χ4v) is 4.90. The molecule has 1 aromatic rings. The van der Waals surface area contributed by atoms with E-state index in [1.165, 1.54) is 57.8 Å². The van der Waals surface area contributed by atoms with Gasteiger partial charge in [0.1, 0.15) is 0 Å². The second-order valence-electron chi connectivity index (χ2n) is 6.03. The maximum atomic E-state index is 2.34. The van der Waals surface area contributed by atoms with Gasteiger partial charge in [0, 0.05) is 4.88 Å². The number of hydrogen-bond donors (Lipinski definition) is 0. The maximum absolute atomic E-state index is 2.34. The predicted octanol–water partition coefficient (Wildman–Crippen LogP) is 5.60. The quantitative estimate of drug-likeness (QED) is 0.639. The van der Waals surface area contributed by atoms with E-state index < -0.39 is 0 Å². The summed E-state index contributed by atoms with van der Waals surface area (Å²) >= 11 is 1.97. The molecule has 0 radical (unpaired) electrons. The minimum Gasteiger partial charge on any atom is -0.149 e. The molecule has 1 heterocycles. The van der Waals surface area contributed by atoms with Crippen LogP contribution in [0.2, 0.25) is 0 Å². The Morgan fingerprint density at radius 2 is 1.53 bits per heavy atom. The molecule has 2 aliphatic rings. The Kier molecular flexibility index (Phi) is 3.85. The van der Waals surface area contributed by atoms with Gasteiger partial charge in [0.15, 0.2) is 0 Å². The van der Waals surface area contributed by atoms with Crippen LogP contribution in [0.25, 0.3) is 0 Å². The predicted molar refractivity (Wildman–Crippen MR) is 75.6 cm³/mol. The molecular weight excluding hydrogens is 224 g/mol. The minimum atomic E-state index is 0.898. The van der Waals surface area contributed by atoms with Crippen LogP contribution in [0.3, 0.4) is 0 Å². The number of thiophene rings is 1. The smallest absolute Gasteiger partial charge is 0.00761 e. The van der Waals surface area contributed by atoms with Gasteiger partial charge in [0.25, 0.3) is 0 Å². The first-order chi connectivity index (χ1) is 8.43. The minimum absolute atomic E-state index is 0.898. The summed E-state index contributed by atoms with van der Waals surface area (Å²) in [6, 6.07) is 4.56. The SMILES string of the molecule is c1csc(C2CCC(C3CCCCC3)CC2)c1. The lowest BCUT2D eigenvalue weighted by atomic mass is 9.71. The summed E-state index contributed by atoms with van der Waals surface area (Å²) in [4.78, 5) is 1.65. The average molecular weight is 248 g/mol. The van der Waals surface area contributed by atoms with E-state index in [1.807, 2.05) is 11.3 Å². The lowest BCUT2D eigenvalue weighted by molar-refractivity contribution is 0.186. The topological polar surface area (TPSA) is 0 Å². The van der Waals surface area contributed by atoms with Crippen molar-refractivity contribution in [3.8, 4) is 0 Å². The van der Waals surface area contributed by atoms with Gasteiger partial charge in [0.05, 0.1) is 0 Å². The molecule has 0 aromatic carbocycles. The zero-order valence-electron chi connectivity index (χ0n) is 10.7. The van der Waals surface area contributed by atoms with Gasteiger partial charge < -0.3 is 0 Å². The molecule has 0 unspecified atom stereocenters. The van der Waals surface area contributed by atoms with Crippen molar-refractivity contribution >= 4 is 11.3 Å². The zero-order chi connectivity index (χ0) is 11.5. The summed E-state index contributed by atoms with van der Waals surface area (Å²) < 4.78 is 0. The van der Waals surface area contributed by atoms with Crippen molar-refractivity contribution in [2.24, 2.45) is 11.8 Å². The molecule has 0 amide bonds. The summed E-state index contributed by atoms with van der Waals surface area (Å²) in [5, 5.41) is 2.24. The van der Waals surface area contributed by atoms with Gasteiger partial charge in [-0.25, -0.2) is 0 Å². The molecule has 17 heavy (non-hydrogen) atoms. The van der Waals surface area contributed by atoms with E-state index in [4.69, 9.17) is 0 Å². The molecule has 3 rings (SSSR count). The molecule has 1 heteroatoms. The Hall–Kier alpha value is -0.300. The molecule has 2 aliphatic carbocycles. The Morgan fingerprint density at radius 1 is 0.824 bits per heavy atom. The number of hydrogen-bond acceptors (Lipinski definition) is 1. The van der Waals surface area contributed by atoms with Crippen molar-refractivity contribution in [3.05, 3.63) is 22.4 Å². The van der Waals surface area contributed by atoms with Crippen LogP contribution < -0.4 is 0 Å². The normalized spacial score (nSPS) is 31.5. The Balaban J connectivity index is 1.53. The largest absolute Gasteiger partial charge is 0.149 e. The molecule has 94 valence electrons. The fourth-order valence-electron chi connectivity index (χ4n) is 4.00. The second kappa shape index (κ2) is 5.56. The second-order valence-corrected chi connectivity index (χ2v) is 7.00. The third-order valence-electron chi connectivity index (χ3n) is 5.03. The maximum Gasteiger partial charge on any atom is 0.00761 e. The first kappa shape index (κ1) is 11.8. The number of rotatable bonds is 2. The van der Waals surface area contributed by atoms with Crippen LogP contribution >= 0.6 is 11.3 Å². The first-order valence-corrected chi connectivity index (χ1v) is 8.35. The molecule has 0 aliphatic heterocycles. The van der Waals surface area contributed by atoms with E-state index in [1.54, 1.807) is 4.88 Å².